The second-order valence-electron chi connectivity index (χ2n) is 4.46. The fourth-order valence-electron chi connectivity index (χ4n) is 2.18. The molecular formula is C14H15ClN4. The highest BCUT2D eigenvalue weighted by atomic mass is 35.5. The Morgan fingerprint density at radius 2 is 1.89 bits per heavy atom. The van der Waals surface area contributed by atoms with Gasteiger partial charge < -0.3 is 10.2 Å². The van der Waals surface area contributed by atoms with Crippen molar-refractivity contribution in [3.63, 3.8) is 0 Å². The molecule has 0 atom stereocenters. The molecule has 0 radical (unpaired) electrons. The van der Waals surface area contributed by atoms with Crippen LogP contribution in [-0.2, 0) is 0 Å². The molecule has 1 N–H and O–H groups in total. The molecule has 1 aromatic heterocycles. The molecule has 19 heavy (non-hydrogen) atoms. The van der Waals surface area contributed by atoms with Gasteiger partial charge in [0, 0.05) is 43.0 Å². The van der Waals surface area contributed by atoms with Gasteiger partial charge in [0.05, 0.1) is 5.69 Å². The number of hydrogen-bond donors (Lipinski definition) is 1. The minimum absolute atomic E-state index is 0.715. The van der Waals surface area contributed by atoms with Gasteiger partial charge >= 0.3 is 0 Å². The van der Waals surface area contributed by atoms with Gasteiger partial charge in [0.1, 0.15) is 0 Å². The normalized spacial score (nSPS) is 15.5. The van der Waals surface area contributed by atoms with Gasteiger partial charge in [-0.25, -0.2) is 9.97 Å². The summed E-state index contributed by atoms with van der Waals surface area (Å²) in [4.78, 5) is 11.2. The Labute approximate surface area is 117 Å². The Balaban J connectivity index is 1.93. The van der Waals surface area contributed by atoms with Crippen molar-refractivity contribution in [2.45, 2.75) is 0 Å². The third-order valence-electron chi connectivity index (χ3n) is 3.19. The van der Waals surface area contributed by atoms with Gasteiger partial charge in [-0.3, -0.25) is 0 Å². The summed E-state index contributed by atoms with van der Waals surface area (Å²) in [6.07, 6.45) is 1.79. The number of piperazine rings is 1. The molecule has 2 aromatic rings. The van der Waals surface area contributed by atoms with Gasteiger partial charge in [0.25, 0.3) is 0 Å². The van der Waals surface area contributed by atoms with E-state index in [4.69, 9.17) is 11.6 Å². The van der Waals surface area contributed by atoms with Gasteiger partial charge in [-0.1, -0.05) is 29.8 Å². The fourth-order valence-corrected chi connectivity index (χ4v) is 2.42. The van der Waals surface area contributed by atoms with Crippen LogP contribution in [0.4, 0.5) is 5.95 Å². The lowest BCUT2D eigenvalue weighted by atomic mass is 10.1. The Bertz CT molecular complexity index is 567. The molecule has 5 heteroatoms. The third kappa shape index (κ3) is 2.69. The zero-order valence-corrected chi connectivity index (χ0v) is 11.3. The number of nitrogens with zero attached hydrogens (tertiary/aromatic N) is 3. The summed E-state index contributed by atoms with van der Waals surface area (Å²) in [6.45, 7) is 3.82. The first kappa shape index (κ1) is 12.4. The van der Waals surface area contributed by atoms with Crippen LogP contribution < -0.4 is 10.2 Å². The second kappa shape index (κ2) is 5.55. The van der Waals surface area contributed by atoms with Gasteiger partial charge in [0.15, 0.2) is 0 Å². The van der Waals surface area contributed by atoms with Crippen molar-refractivity contribution in [1.82, 2.24) is 15.3 Å². The quantitative estimate of drug-likeness (QED) is 0.912. The van der Waals surface area contributed by atoms with Crippen LogP contribution in [0.3, 0.4) is 0 Å². The Kier molecular flexibility index (Phi) is 3.62. The molecule has 0 aliphatic carbocycles. The van der Waals surface area contributed by atoms with E-state index < -0.39 is 0 Å². The van der Waals surface area contributed by atoms with Crippen LogP contribution in [0.15, 0.2) is 36.5 Å². The summed E-state index contributed by atoms with van der Waals surface area (Å²) < 4.78 is 0. The van der Waals surface area contributed by atoms with Crippen molar-refractivity contribution < 1.29 is 0 Å². The van der Waals surface area contributed by atoms with Crippen LogP contribution in [0.1, 0.15) is 0 Å². The number of rotatable bonds is 2. The molecule has 0 unspecified atom stereocenters. The molecule has 1 aliphatic heterocycles. The number of hydrogen-bond acceptors (Lipinski definition) is 4. The zero-order chi connectivity index (χ0) is 13.1. The highest BCUT2D eigenvalue weighted by molar-refractivity contribution is 6.33. The van der Waals surface area contributed by atoms with Crippen LogP contribution in [-0.4, -0.2) is 36.1 Å². The van der Waals surface area contributed by atoms with Crippen LogP contribution in [0.5, 0.6) is 0 Å². The van der Waals surface area contributed by atoms with Gasteiger partial charge in [-0.05, 0) is 12.1 Å². The molecule has 0 spiro atoms. The Morgan fingerprint density at radius 3 is 2.68 bits per heavy atom. The fraction of sp³-hybridized carbons (Fsp3) is 0.286. The van der Waals surface area contributed by atoms with E-state index >= 15 is 0 Å². The monoisotopic (exact) mass is 274 g/mol. The van der Waals surface area contributed by atoms with E-state index in [0.29, 0.717) is 5.02 Å². The highest BCUT2D eigenvalue weighted by Crippen LogP contribution is 2.26. The number of nitrogens with one attached hydrogen (secondary N) is 1. The minimum Gasteiger partial charge on any atom is -0.338 e. The van der Waals surface area contributed by atoms with Crippen LogP contribution in [0, 0.1) is 0 Å². The van der Waals surface area contributed by atoms with Crippen molar-refractivity contribution in [2.24, 2.45) is 0 Å². The third-order valence-corrected chi connectivity index (χ3v) is 3.52. The lowest BCUT2D eigenvalue weighted by Gasteiger charge is -2.27. The Hall–Kier alpha value is -1.65. The van der Waals surface area contributed by atoms with E-state index in [0.717, 1.165) is 43.4 Å². The molecule has 1 saturated heterocycles. The zero-order valence-electron chi connectivity index (χ0n) is 10.5. The van der Waals surface area contributed by atoms with E-state index in [-0.39, 0.29) is 0 Å². The number of halogens is 1. The maximum absolute atomic E-state index is 6.21. The number of anilines is 1. The van der Waals surface area contributed by atoms with E-state index in [2.05, 4.69) is 20.2 Å². The van der Waals surface area contributed by atoms with Crippen molar-refractivity contribution >= 4 is 17.5 Å². The first-order valence-electron chi connectivity index (χ1n) is 6.38. The van der Waals surface area contributed by atoms with E-state index in [1.165, 1.54) is 0 Å². The smallest absolute Gasteiger partial charge is 0.225 e. The molecular weight excluding hydrogens is 260 g/mol. The first-order chi connectivity index (χ1) is 9.34. The molecule has 3 rings (SSSR count). The SMILES string of the molecule is Clc1ccccc1-c1ccnc(N2CCNCC2)n1. The molecule has 1 fully saturated rings. The maximum atomic E-state index is 6.21. The summed E-state index contributed by atoms with van der Waals surface area (Å²) in [6, 6.07) is 9.64. The van der Waals surface area contributed by atoms with Crippen LogP contribution >= 0.6 is 11.6 Å². The lowest BCUT2D eigenvalue weighted by molar-refractivity contribution is 0.580. The average molecular weight is 275 g/mol. The molecule has 0 amide bonds. The minimum atomic E-state index is 0.715. The summed E-state index contributed by atoms with van der Waals surface area (Å²) in [7, 11) is 0. The molecule has 0 saturated carbocycles. The molecule has 4 nitrogen and oxygen atoms in total. The van der Waals surface area contributed by atoms with E-state index in [1.807, 2.05) is 30.3 Å². The van der Waals surface area contributed by atoms with Gasteiger partial charge in [0.2, 0.25) is 5.95 Å². The Morgan fingerprint density at radius 1 is 1.11 bits per heavy atom. The topological polar surface area (TPSA) is 41.1 Å². The van der Waals surface area contributed by atoms with Crippen LogP contribution in [0.25, 0.3) is 11.3 Å². The standard InChI is InChI=1S/C14H15ClN4/c15-12-4-2-1-3-11(12)13-5-6-17-14(18-13)19-9-7-16-8-10-19/h1-6,16H,7-10H2. The first-order valence-corrected chi connectivity index (χ1v) is 6.76. The molecule has 1 aliphatic rings. The molecule has 2 heterocycles. The summed E-state index contributed by atoms with van der Waals surface area (Å²) in [5.41, 5.74) is 1.82. The number of aromatic nitrogens is 2. The van der Waals surface area contributed by atoms with E-state index in [1.54, 1.807) is 6.20 Å². The molecule has 0 bridgehead atoms. The molecule has 98 valence electrons. The van der Waals surface area contributed by atoms with Crippen molar-refractivity contribution in [2.75, 3.05) is 31.1 Å². The predicted octanol–water partition coefficient (Wildman–Crippen LogP) is 2.21. The second-order valence-corrected chi connectivity index (χ2v) is 4.87. The number of benzene rings is 1. The van der Waals surface area contributed by atoms with Crippen LogP contribution in [0.2, 0.25) is 5.02 Å². The van der Waals surface area contributed by atoms with Crippen molar-refractivity contribution in [1.29, 1.82) is 0 Å². The highest BCUT2D eigenvalue weighted by Gasteiger charge is 2.14. The van der Waals surface area contributed by atoms with Crippen molar-refractivity contribution in [3.05, 3.63) is 41.6 Å². The largest absolute Gasteiger partial charge is 0.338 e. The van der Waals surface area contributed by atoms with Gasteiger partial charge in [-0.2, -0.15) is 0 Å². The van der Waals surface area contributed by atoms with E-state index in [9.17, 15) is 0 Å². The molecule has 1 aromatic carbocycles. The predicted molar refractivity (Wildman–Crippen MR) is 77.6 cm³/mol. The lowest BCUT2D eigenvalue weighted by Crippen LogP contribution is -2.44. The summed E-state index contributed by atoms with van der Waals surface area (Å²) in [5.74, 6) is 0.777. The van der Waals surface area contributed by atoms with Crippen molar-refractivity contribution in [3.8, 4) is 11.3 Å². The summed E-state index contributed by atoms with van der Waals surface area (Å²) in [5, 5.41) is 4.04. The summed E-state index contributed by atoms with van der Waals surface area (Å²) >= 11 is 6.21. The maximum Gasteiger partial charge on any atom is 0.225 e. The average Bonchev–Trinajstić information content (AvgIpc) is 2.49. The van der Waals surface area contributed by atoms with Gasteiger partial charge in [-0.15, -0.1) is 0 Å².